The molecule has 0 heterocycles. The van der Waals surface area contributed by atoms with E-state index in [1.165, 1.54) is 89.0 Å². The summed E-state index contributed by atoms with van der Waals surface area (Å²) in [6, 6.07) is 58.9. The molecule has 1 aliphatic rings. The molecule has 1 atom stereocenters. The Bertz CT molecular complexity index is 2280. The van der Waals surface area contributed by atoms with Gasteiger partial charge in [0.05, 0.1) is 0 Å². The molecule has 0 bridgehead atoms. The van der Waals surface area contributed by atoms with Crippen molar-refractivity contribution in [2.75, 3.05) is 0 Å². The van der Waals surface area contributed by atoms with E-state index in [0.717, 1.165) is 19.3 Å². The van der Waals surface area contributed by atoms with Crippen LogP contribution in [0.2, 0.25) is 0 Å². The quantitative estimate of drug-likeness (QED) is 0.151. The lowest BCUT2D eigenvalue weighted by atomic mass is 9.88. The van der Waals surface area contributed by atoms with Gasteiger partial charge in [-0.2, -0.15) is 0 Å². The number of allylic oxidation sites excluding steroid dienone is 4. The van der Waals surface area contributed by atoms with Gasteiger partial charge in [0, 0.05) is 0 Å². The SMILES string of the molecule is CC.CCC(C)c1cc(C)cc(-c2cc(C3=CC=CCC3)cc(-c3ccccc3)c2)c1.Cc1ccccc1-c1ccccc1C.Cc1ccccc1-c1ccccc1C. The molecule has 0 amide bonds. The van der Waals surface area contributed by atoms with E-state index in [1.54, 1.807) is 0 Å². The normalized spacial score (nSPS) is 12.1. The minimum atomic E-state index is 0.580. The lowest BCUT2D eigenvalue weighted by Gasteiger charge is -2.16. The van der Waals surface area contributed by atoms with Crippen LogP contribution in [0.5, 0.6) is 0 Å². The first-order chi connectivity index (χ1) is 28.7. The molecule has 0 saturated carbocycles. The van der Waals surface area contributed by atoms with Crippen LogP contribution in [-0.2, 0) is 0 Å². The Morgan fingerprint density at radius 3 is 1.27 bits per heavy atom. The van der Waals surface area contributed by atoms with E-state index in [9.17, 15) is 0 Å². The predicted molar refractivity (Wildman–Crippen MR) is 261 cm³/mol. The number of hydrogen-bond donors (Lipinski definition) is 0. The highest BCUT2D eigenvalue weighted by molar-refractivity contribution is 5.81. The maximum atomic E-state index is 2.39. The number of hydrogen-bond acceptors (Lipinski definition) is 0. The molecule has 59 heavy (non-hydrogen) atoms. The van der Waals surface area contributed by atoms with Crippen LogP contribution >= 0.6 is 0 Å². The van der Waals surface area contributed by atoms with Crippen LogP contribution in [0.3, 0.4) is 0 Å². The fourth-order valence-electron chi connectivity index (χ4n) is 7.62. The maximum Gasteiger partial charge on any atom is -0.0152 e. The van der Waals surface area contributed by atoms with Gasteiger partial charge in [0.25, 0.3) is 0 Å². The van der Waals surface area contributed by atoms with Gasteiger partial charge in [-0.3, -0.25) is 0 Å². The molecule has 8 rings (SSSR count). The second-order valence-corrected chi connectivity index (χ2v) is 15.5. The van der Waals surface area contributed by atoms with Crippen molar-refractivity contribution in [3.05, 3.63) is 221 Å². The number of rotatable bonds is 7. The molecular formula is C59H64. The molecule has 0 aromatic heterocycles. The fraction of sp³-hybridized carbons (Fsp3) is 0.220. The zero-order valence-corrected chi connectivity index (χ0v) is 37.0. The van der Waals surface area contributed by atoms with Gasteiger partial charge in [0.2, 0.25) is 0 Å². The van der Waals surface area contributed by atoms with E-state index < -0.39 is 0 Å². The molecule has 0 spiro atoms. The van der Waals surface area contributed by atoms with E-state index >= 15 is 0 Å². The molecule has 0 radical (unpaired) electrons. The average molecular weight is 773 g/mol. The Kier molecular flexibility index (Phi) is 16.6. The van der Waals surface area contributed by atoms with Gasteiger partial charge in [0.15, 0.2) is 0 Å². The topological polar surface area (TPSA) is 0 Å². The van der Waals surface area contributed by atoms with Crippen molar-refractivity contribution >= 4 is 5.57 Å². The van der Waals surface area contributed by atoms with Crippen LogP contribution in [0.1, 0.15) is 91.8 Å². The summed E-state index contributed by atoms with van der Waals surface area (Å²) in [6.45, 7) is 19.4. The van der Waals surface area contributed by atoms with Gasteiger partial charge in [-0.1, -0.05) is 197 Å². The molecular weight excluding hydrogens is 709 g/mol. The average Bonchev–Trinajstić information content (AvgIpc) is 3.28. The van der Waals surface area contributed by atoms with Crippen LogP contribution in [0, 0.1) is 34.6 Å². The van der Waals surface area contributed by atoms with Crippen molar-refractivity contribution in [2.24, 2.45) is 0 Å². The van der Waals surface area contributed by atoms with Gasteiger partial charge in [-0.15, -0.1) is 0 Å². The van der Waals surface area contributed by atoms with Crippen molar-refractivity contribution in [3.8, 4) is 44.5 Å². The van der Waals surface area contributed by atoms with Gasteiger partial charge >= 0.3 is 0 Å². The predicted octanol–water partition coefficient (Wildman–Crippen LogP) is 17.5. The highest BCUT2D eigenvalue weighted by Gasteiger charge is 2.12. The molecule has 300 valence electrons. The Balaban J connectivity index is 0.000000184. The molecule has 0 nitrogen and oxygen atoms in total. The first-order valence-electron chi connectivity index (χ1n) is 21.6. The Labute approximate surface area is 357 Å². The summed E-state index contributed by atoms with van der Waals surface area (Å²) in [5.41, 5.74) is 21.4. The van der Waals surface area contributed by atoms with Gasteiger partial charge in [0.1, 0.15) is 0 Å². The minimum absolute atomic E-state index is 0.580. The minimum Gasteiger partial charge on any atom is -0.0842 e. The second kappa shape index (κ2) is 22.2. The van der Waals surface area contributed by atoms with Crippen LogP contribution in [0.4, 0.5) is 0 Å². The molecule has 7 aromatic carbocycles. The molecule has 0 aliphatic heterocycles. The third kappa shape index (κ3) is 12.0. The van der Waals surface area contributed by atoms with Crippen LogP contribution in [0.25, 0.3) is 50.1 Å². The summed E-state index contributed by atoms with van der Waals surface area (Å²) < 4.78 is 0. The Morgan fingerprint density at radius 2 is 0.847 bits per heavy atom. The summed E-state index contributed by atoms with van der Waals surface area (Å²) in [4.78, 5) is 0. The first kappa shape index (κ1) is 44.1. The summed E-state index contributed by atoms with van der Waals surface area (Å²) in [5, 5.41) is 0. The van der Waals surface area contributed by atoms with Gasteiger partial charge < -0.3 is 0 Å². The number of aryl methyl sites for hydroxylation is 5. The van der Waals surface area contributed by atoms with E-state index in [4.69, 9.17) is 0 Å². The molecule has 1 unspecified atom stereocenters. The summed E-state index contributed by atoms with van der Waals surface area (Å²) in [6.07, 6.45) is 10.1. The lowest BCUT2D eigenvalue weighted by molar-refractivity contribution is 0.733. The van der Waals surface area contributed by atoms with Crippen molar-refractivity contribution in [3.63, 3.8) is 0 Å². The molecule has 0 saturated heterocycles. The zero-order valence-electron chi connectivity index (χ0n) is 37.0. The monoisotopic (exact) mass is 773 g/mol. The standard InChI is InChI=1S/C29H30.2C14H14.C2H6/c1-4-22(3)25-15-21(2)16-26(17-25)29-19-27(23-11-7-5-8-12-23)18-28(20-29)24-13-9-6-10-14-24;2*1-11-7-3-5-9-13(11)14-10-6-4-8-12(14)2;1-2/h5-9,11-13,15-20,22H,4,10,14H2,1-3H3;2*3-10H,1-2H3;1-2H3. The van der Waals surface area contributed by atoms with Gasteiger partial charge in [-0.05, 0) is 161 Å². The largest absolute Gasteiger partial charge is 0.0842 e. The summed E-state index contributed by atoms with van der Waals surface area (Å²) in [7, 11) is 0. The first-order valence-corrected chi connectivity index (χ1v) is 21.6. The highest BCUT2D eigenvalue weighted by Crippen LogP contribution is 2.35. The van der Waals surface area contributed by atoms with E-state index in [0.29, 0.717) is 5.92 Å². The zero-order chi connectivity index (χ0) is 42.1. The Morgan fingerprint density at radius 1 is 0.441 bits per heavy atom. The van der Waals surface area contributed by atoms with Gasteiger partial charge in [-0.25, -0.2) is 0 Å². The smallest absolute Gasteiger partial charge is 0.0152 e. The Hall–Kier alpha value is -5.98. The van der Waals surface area contributed by atoms with Crippen LogP contribution < -0.4 is 0 Å². The van der Waals surface area contributed by atoms with Crippen molar-refractivity contribution < 1.29 is 0 Å². The second-order valence-electron chi connectivity index (χ2n) is 15.5. The van der Waals surface area contributed by atoms with Crippen LogP contribution in [0.15, 0.2) is 182 Å². The maximum absolute atomic E-state index is 2.39. The molecule has 0 heteroatoms. The van der Waals surface area contributed by atoms with Crippen molar-refractivity contribution in [1.29, 1.82) is 0 Å². The van der Waals surface area contributed by atoms with Crippen molar-refractivity contribution in [2.45, 2.75) is 87.5 Å². The number of benzene rings is 7. The summed E-state index contributed by atoms with van der Waals surface area (Å²) >= 11 is 0. The highest BCUT2D eigenvalue weighted by atomic mass is 14.2. The third-order valence-corrected chi connectivity index (χ3v) is 11.2. The van der Waals surface area contributed by atoms with Crippen molar-refractivity contribution in [1.82, 2.24) is 0 Å². The molecule has 7 aromatic rings. The third-order valence-electron chi connectivity index (χ3n) is 11.2. The molecule has 0 N–H and O–H groups in total. The molecule has 0 fully saturated rings. The van der Waals surface area contributed by atoms with E-state index in [-0.39, 0.29) is 0 Å². The van der Waals surface area contributed by atoms with E-state index in [1.807, 2.05) is 13.8 Å². The molecule has 1 aliphatic carbocycles. The van der Waals surface area contributed by atoms with Crippen LogP contribution in [-0.4, -0.2) is 0 Å². The van der Waals surface area contributed by atoms with E-state index in [2.05, 4.69) is 230 Å². The summed E-state index contributed by atoms with van der Waals surface area (Å²) in [5.74, 6) is 0.580. The lowest BCUT2D eigenvalue weighted by Crippen LogP contribution is -1.95. The fourth-order valence-corrected chi connectivity index (χ4v) is 7.62.